The lowest BCUT2D eigenvalue weighted by atomic mass is 9.91. The van der Waals surface area contributed by atoms with Gasteiger partial charge in [0.15, 0.2) is 0 Å². The van der Waals surface area contributed by atoms with E-state index < -0.39 is 0 Å². The molecule has 0 fully saturated rings. The predicted molar refractivity (Wildman–Crippen MR) is 72.5 cm³/mol. The van der Waals surface area contributed by atoms with Crippen LogP contribution in [0.5, 0.6) is 0 Å². The minimum atomic E-state index is 0.301. The first kappa shape index (κ1) is 11.0. The summed E-state index contributed by atoms with van der Waals surface area (Å²) >= 11 is 0. The van der Waals surface area contributed by atoms with Crippen LogP contribution in [0.15, 0.2) is 49.2 Å². The standard InChI is InChI=1S/C15H15N3/c1-2-12(15-9-17-10-18-15)14-8-16-7-11-5-3-4-6-13(11)14/h3-10,12H,2H2,1H3,(H,17,18). The quantitative estimate of drug-likeness (QED) is 0.757. The number of nitrogens with zero attached hydrogens (tertiary/aromatic N) is 2. The topological polar surface area (TPSA) is 41.6 Å². The Morgan fingerprint density at radius 2 is 2.11 bits per heavy atom. The van der Waals surface area contributed by atoms with Crippen LogP contribution in [0, 0.1) is 0 Å². The molecule has 18 heavy (non-hydrogen) atoms. The molecule has 3 heteroatoms. The molecule has 3 aromatic rings. The maximum Gasteiger partial charge on any atom is 0.0923 e. The summed E-state index contributed by atoms with van der Waals surface area (Å²) in [5, 5.41) is 2.45. The molecule has 0 spiro atoms. The molecule has 3 nitrogen and oxygen atoms in total. The molecule has 3 rings (SSSR count). The number of H-pyrrole nitrogens is 1. The number of hydrogen-bond acceptors (Lipinski definition) is 2. The average molecular weight is 237 g/mol. The SMILES string of the molecule is CCC(c1c[nH]cn1)c1cncc2ccccc12. The smallest absolute Gasteiger partial charge is 0.0923 e. The Morgan fingerprint density at radius 3 is 2.89 bits per heavy atom. The van der Waals surface area contributed by atoms with Crippen LogP contribution < -0.4 is 0 Å². The van der Waals surface area contributed by atoms with Gasteiger partial charge in [0.1, 0.15) is 0 Å². The van der Waals surface area contributed by atoms with Gasteiger partial charge in [0.05, 0.1) is 12.0 Å². The van der Waals surface area contributed by atoms with Gasteiger partial charge < -0.3 is 4.98 Å². The summed E-state index contributed by atoms with van der Waals surface area (Å²) in [6.07, 6.45) is 8.59. The second kappa shape index (κ2) is 4.61. The minimum absolute atomic E-state index is 0.301. The summed E-state index contributed by atoms with van der Waals surface area (Å²) in [7, 11) is 0. The predicted octanol–water partition coefficient (Wildman–Crippen LogP) is 3.50. The highest BCUT2D eigenvalue weighted by Gasteiger charge is 2.16. The number of aromatic nitrogens is 3. The zero-order chi connectivity index (χ0) is 12.4. The highest BCUT2D eigenvalue weighted by Crippen LogP contribution is 2.30. The van der Waals surface area contributed by atoms with Crippen molar-refractivity contribution >= 4 is 10.8 Å². The van der Waals surface area contributed by atoms with E-state index in [9.17, 15) is 0 Å². The first-order valence-corrected chi connectivity index (χ1v) is 6.21. The lowest BCUT2D eigenvalue weighted by Gasteiger charge is -2.14. The van der Waals surface area contributed by atoms with E-state index in [1.807, 2.05) is 24.7 Å². The molecule has 0 aliphatic carbocycles. The maximum atomic E-state index is 4.39. The van der Waals surface area contributed by atoms with Gasteiger partial charge in [0.2, 0.25) is 0 Å². The lowest BCUT2D eigenvalue weighted by molar-refractivity contribution is 0.757. The van der Waals surface area contributed by atoms with Crippen molar-refractivity contribution in [1.29, 1.82) is 0 Å². The average Bonchev–Trinajstić information content (AvgIpc) is 2.94. The molecule has 1 atom stereocenters. The van der Waals surface area contributed by atoms with Crippen molar-refractivity contribution in [3.05, 3.63) is 60.4 Å². The zero-order valence-corrected chi connectivity index (χ0v) is 10.3. The van der Waals surface area contributed by atoms with Crippen molar-refractivity contribution in [3.8, 4) is 0 Å². The van der Waals surface area contributed by atoms with Crippen molar-refractivity contribution < 1.29 is 0 Å². The van der Waals surface area contributed by atoms with Gasteiger partial charge in [0, 0.05) is 29.9 Å². The maximum absolute atomic E-state index is 4.39. The molecule has 90 valence electrons. The number of benzene rings is 1. The van der Waals surface area contributed by atoms with Crippen LogP contribution in [-0.2, 0) is 0 Å². The van der Waals surface area contributed by atoms with Crippen LogP contribution >= 0.6 is 0 Å². The fourth-order valence-corrected chi connectivity index (χ4v) is 2.47. The van der Waals surface area contributed by atoms with Crippen LogP contribution in [0.3, 0.4) is 0 Å². The number of fused-ring (bicyclic) bond motifs is 1. The van der Waals surface area contributed by atoms with E-state index in [0.717, 1.165) is 12.1 Å². The molecule has 0 radical (unpaired) electrons. The van der Waals surface area contributed by atoms with E-state index >= 15 is 0 Å². The Kier molecular flexibility index (Phi) is 2.81. The van der Waals surface area contributed by atoms with Crippen molar-refractivity contribution in [1.82, 2.24) is 15.0 Å². The Labute approximate surface area is 106 Å². The summed E-state index contributed by atoms with van der Waals surface area (Å²) in [5.41, 5.74) is 2.33. The van der Waals surface area contributed by atoms with Gasteiger partial charge in [-0.25, -0.2) is 4.98 Å². The summed E-state index contributed by atoms with van der Waals surface area (Å²) in [6, 6.07) is 8.37. The molecule has 0 amide bonds. The molecule has 1 N–H and O–H groups in total. The second-order valence-electron chi connectivity index (χ2n) is 4.40. The van der Waals surface area contributed by atoms with Gasteiger partial charge in [-0.1, -0.05) is 31.2 Å². The first-order valence-electron chi connectivity index (χ1n) is 6.21. The highest BCUT2D eigenvalue weighted by atomic mass is 14.9. The molecule has 0 saturated carbocycles. The van der Waals surface area contributed by atoms with Crippen molar-refractivity contribution in [2.75, 3.05) is 0 Å². The fraction of sp³-hybridized carbons (Fsp3) is 0.200. The Balaban J connectivity index is 2.18. The highest BCUT2D eigenvalue weighted by molar-refractivity contribution is 5.85. The molecule has 0 bridgehead atoms. The van der Waals surface area contributed by atoms with Gasteiger partial charge >= 0.3 is 0 Å². The Hall–Kier alpha value is -2.16. The van der Waals surface area contributed by atoms with E-state index in [0.29, 0.717) is 5.92 Å². The van der Waals surface area contributed by atoms with Crippen LogP contribution in [0.2, 0.25) is 0 Å². The molecule has 1 unspecified atom stereocenters. The Morgan fingerprint density at radius 1 is 1.22 bits per heavy atom. The van der Waals surface area contributed by atoms with Gasteiger partial charge in [-0.05, 0) is 17.4 Å². The summed E-state index contributed by atoms with van der Waals surface area (Å²) < 4.78 is 0. The molecule has 0 aliphatic rings. The van der Waals surface area contributed by atoms with Crippen LogP contribution in [0.25, 0.3) is 10.8 Å². The molecular formula is C15H15N3. The second-order valence-corrected chi connectivity index (χ2v) is 4.40. The van der Waals surface area contributed by atoms with Crippen molar-refractivity contribution in [2.45, 2.75) is 19.3 Å². The van der Waals surface area contributed by atoms with Gasteiger partial charge in [-0.15, -0.1) is 0 Å². The Bertz CT molecular complexity index is 638. The third-order valence-electron chi connectivity index (χ3n) is 3.36. The summed E-state index contributed by atoms with van der Waals surface area (Å²) in [4.78, 5) is 11.8. The summed E-state index contributed by atoms with van der Waals surface area (Å²) in [6.45, 7) is 2.18. The molecule has 2 aromatic heterocycles. The van der Waals surface area contributed by atoms with Crippen LogP contribution in [0.1, 0.15) is 30.5 Å². The third-order valence-corrected chi connectivity index (χ3v) is 3.36. The normalized spacial score (nSPS) is 12.7. The molecule has 2 heterocycles. The minimum Gasteiger partial charge on any atom is -0.351 e. The molecule has 0 saturated heterocycles. The number of pyridine rings is 1. The number of imidazole rings is 1. The fourth-order valence-electron chi connectivity index (χ4n) is 2.47. The van der Waals surface area contributed by atoms with E-state index in [-0.39, 0.29) is 0 Å². The lowest BCUT2D eigenvalue weighted by Crippen LogP contribution is -2.01. The van der Waals surface area contributed by atoms with Gasteiger partial charge in [-0.2, -0.15) is 0 Å². The van der Waals surface area contributed by atoms with Crippen molar-refractivity contribution in [2.24, 2.45) is 0 Å². The zero-order valence-electron chi connectivity index (χ0n) is 10.3. The van der Waals surface area contributed by atoms with Gasteiger partial charge in [0.25, 0.3) is 0 Å². The van der Waals surface area contributed by atoms with Crippen LogP contribution in [-0.4, -0.2) is 15.0 Å². The monoisotopic (exact) mass is 237 g/mol. The van der Waals surface area contributed by atoms with E-state index in [1.165, 1.54) is 16.3 Å². The molecular weight excluding hydrogens is 222 g/mol. The van der Waals surface area contributed by atoms with E-state index in [1.54, 1.807) is 6.33 Å². The number of aromatic amines is 1. The molecule has 0 aliphatic heterocycles. The largest absolute Gasteiger partial charge is 0.351 e. The first-order chi connectivity index (χ1) is 8.90. The van der Waals surface area contributed by atoms with Gasteiger partial charge in [-0.3, -0.25) is 4.98 Å². The van der Waals surface area contributed by atoms with Crippen molar-refractivity contribution in [3.63, 3.8) is 0 Å². The number of hydrogen-bond donors (Lipinski definition) is 1. The van der Waals surface area contributed by atoms with E-state index in [4.69, 9.17) is 0 Å². The van der Waals surface area contributed by atoms with Crippen LogP contribution in [0.4, 0.5) is 0 Å². The summed E-state index contributed by atoms with van der Waals surface area (Å²) in [5.74, 6) is 0.301. The molecule has 1 aromatic carbocycles. The third kappa shape index (κ3) is 1.78. The van der Waals surface area contributed by atoms with E-state index in [2.05, 4.69) is 40.1 Å². The number of rotatable bonds is 3. The number of nitrogens with one attached hydrogen (secondary N) is 1.